The third-order valence-electron chi connectivity index (χ3n) is 8.09. The summed E-state index contributed by atoms with van der Waals surface area (Å²) in [6, 6.07) is 9.66. The molecule has 80 heavy (non-hydrogen) atoms. The third-order valence-corrected chi connectivity index (χ3v) is 8.09. The van der Waals surface area contributed by atoms with E-state index in [1.165, 1.54) is 6.33 Å². The van der Waals surface area contributed by atoms with Gasteiger partial charge in [-0.05, 0) is 145 Å². The molecule has 0 saturated heterocycles. The highest BCUT2D eigenvalue weighted by molar-refractivity contribution is 4.91. The van der Waals surface area contributed by atoms with E-state index in [0.29, 0.717) is 48.3 Å². The second-order valence-electron chi connectivity index (χ2n) is 16.1. The summed E-state index contributed by atoms with van der Waals surface area (Å²) in [7, 11) is 0. The first kappa shape index (κ1) is 89.8. The molecule has 0 aliphatic rings. The smallest absolute Gasteiger partial charge is 0.162 e. The first-order valence-corrected chi connectivity index (χ1v) is 29.5. The average molecular weight is 1130 g/mol. The van der Waals surface area contributed by atoms with Crippen molar-refractivity contribution in [1.82, 2.24) is 109 Å². The predicted octanol–water partition coefficient (Wildman–Crippen LogP) is 16.3. The van der Waals surface area contributed by atoms with E-state index in [0.717, 1.165) is 0 Å². The molecule has 0 saturated carbocycles. The zero-order valence-electron chi connectivity index (χ0n) is 56.8. The van der Waals surface area contributed by atoms with Crippen molar-refractivity contribution in [2.24, 2.45) is 0 Å². The van der Waals surface area contributed by atoms with Crippen LogP contribution in [0, 0.1) is 0 Å². The van der Waals surface area contributed by atoms with Gasteiger partial charge in [0.05, 0.1) is 18.6 Å². The lowest BCUT2D eigenvalue weighted by atomic mass is 10.4. The van der Waals surface area contributed by atoms with E-state index in [1.54, 1.807) is 69.1 Å². The van der Waals surface area contributed by atoms with Gasteiger partial charge in [0.1, 0.15) is 31.6 Å². The van der Waals surface area contributed by atoms with Gasteiger partial charge in [-0.1, -0.05) is 116 Å². The van der Waals surface area contributed by atoms with E-state index in [-0.39, 0.29) is 0 Å². The van der Waals surface area contributed by atoms with Crippen molar-refractivity contribution in [3.05, 3.63) is 112 Å². The van der Waals surface area contributed by atoms with Crippen molar-refractivity contribution in [2.75, 3.05) is 0 Å². The number of aromatic nitrogens is 22. The highest BCUT2D eigenvalue weighted by Gasteiger charge is 1.97. The molecule has 0 unspecified atom stereocenters. The standard InChI is InChI=1S/C7H11N.2C6H10N2.3C5H9N3.2C4H8N4.8C2H6/c1-7(2)8-5-3-4-6-8;1-6(2)8-4-3-7-5-8;1-6(2)8-5-3-4-7-8;1-5(2)8-3-6-7-4-8;1-5(2)8-4-6-3-7-8;1-5(2)8-4-3-6-7-8;1-4(2)8-3-5-6-7-8;1-4(2)8-6-3-5-7-8;8*1-2/h3-7H,1-2H3;2*3-6H,1-2H3;3*3-5H,1-2H3;2*3-4H,1-2H3;8*1-2H3. The molecule has 8 aromatic rings. The molecular formula is C58H122N22. The van der Waals surface area contributed by atoms with Crippen molar-refractivity contribution in [3.63, 3.8) is 0 Å². The zero-order valence-corrected chi connectivity index (χ0v) is 56.8. The van der Waals surface area contributed by atoms with E-state index >= 15 is 0 Å². The summed E-state index contributed by atoms with van der Waals surface area (Å²) in [6.45, 7) is 65.3. The second kappa shape index (κ2) is 68.4. The molecule has 0 N–H and O–H groups in total. The van der Waals surface area contributed by atoms with E-state index in [1.807, 2.05) is 191 Å². The Morgan fingerprint density at radius 3 is 0.950 bits per heavy atom. The molecule has 22 nitrogen and oxygen atoms in total. The molecule has 0 amide bonds. The molecule has 0 radical (unpaired) electrons. The maximum absolute atomic E-state index is 4.03. The Kier molecular flexibility index (Phi) is 76.8. The SMILES string of the molecule is CC.CC.CC.CC.CC.CC.CC.CC.CC(C)n1cccc1.CC(C)n1cccn1.CC(C)n1ccnc1.CC(C)n1ccnn1.CC(C)n1cncn1.CC(C)n1cnnc1.CC(C)n1cnnn1.CC(C)n1ncnn1. The van der Waals surface area contributed by atoms with Crippen molar-refractivity contribution >= 4 is 0 Å². The molecule has 8 rings (SSSR count). The summed E-state index contributed by atoms with van der Waals surface area (Å²) in [4.78, 5) is 9.26. The normalized spacial score (nSPS) is 8.90. The molecule has 0 bridgehead atoms. The number of hydrogen-bond acceptors (Lipinski definition) is 14. The van der Waals surface area contributed by atoms with Gasteiger partial charge in [-0.25, -0.2) is 14.6 Å². The molecule has 0 aliphatic heterocycles. The summed E-state index contributed by atoms with van der Waals surface area (Å²) in [6.07, 6.45) is 26.7. The first-order valence-electron chi connectivity index (χ1n) is 29.5. The first-order chi connectivity index (χ1) is 38.4. The number of imidazole rings is 1. The molecule has 8 aromatic heterocycles. The van der Waals surface area contributed by atoms with Crippen LogP contribution in [0.5, 0.6) is 0 Å². The van der Waals surface area contributed by atoms with E-state index < -0.39 is 0 Å². The monoisotopic (exact) mass is 1130 g/mol. The molecule has 8 heterocycles. The summed E-state index contributed by atoms with van der Waals surface area (Å²) in [5, 5.41) is 44.4. The minimum absolute atomic E-state index is 0.317. The van der Waals surface area contributed by atoms with Crippen LogP contribution < -0.4 is 0 Å². The minimum Gasteiger partial charge on any atom is -0.352 e. The van der Waals surface area contributed by atoms with E-state index in [2.05, 4.69) is 176 Å². The molecule has 0 aromatic carbocycles. The Morgan fingerprint density at radius 2 is 0.750 bits per heavy atom. The van der Waals surface area contributed by atoms with Crippen LogP contribution in [0.1, 0.15) is 270 Å². The Hall–Kier alpha value is -6.74. The highest BCUT2D eigenvalue weighted by Crippen LogP contribution is 2.03. The van der Waals surface area contributed by atoms with E-state index in [9.17, 15) is 0 Å². The molecule has 22 heteroatoms. The molecular weight excluding hydrogens is 1000 g/mol. The summed E-state index contributed by atoms with van der Waals surface area (Å²) >= 11 is 0. The van der Waals surface area contributed by atoms with Crippen LogP contribution in [-0.4, -0.2) is 109 Å². The van der Waals surface area contributed by atoms with Crippen molar-refractivity contribution < 1.29 is 0 Å². The van der Waals surface area contributed by atoms with Crippen LogP contribution in [0.2, 0.25) is 0 Å². The Morgan fingerprint density at radius 1 is 0.263 bits per heavy atom. The van der Waals surface area contributed by atoms with Crippen LogP contribution in [-0.2, 0) is 0 Å². The van der Waals surface area contributed by atoms with E-state index in [4.69, 9.17) is 0 Å². The van der Waals surface area contributed by atoms with Gasteiger partial charge in [0, 0.05) is 85.7 Å². The highest BCUT2D eigenvalue weighted by atomic mass is 15.6. The lowest BCUT2D eigenvalue weighted by molar-refractivity contribution is 0.455. The molecule has 0 atom stereocenters. The maximum atomic E-state index is 4.03. The molecule has 0 spiro atoms. The molecule has 464 valence electrons. The van der Waals surface area contributed by atoms with Crippen molar-refractivity contribution in [2.45, 2.75) is 270 Å². The Labute approximate surface area is 489 Å². The van der Waals surface area contributed by atoms with Gasteiger partial charge in [-0.3, -0.25) is 14.0 Å². The summed E-state index contributed by atoms with van der Waals surface area (Å²) in [5.41, 5.74) is 0. The van der Waals surface area contributed by atoms with Gasteiger partial charge < -0.3 is 13.7 Å². The van der Waals surface area contributed by atoms with Crippen LogP contribution in [0.4, 0.5) is 0 Å². The number of tetrazole rings is 2. The van der Waals surface area contributed by atoms with Crippen LogP contribution in [0.15, 0.2) is 112 Å². The maximum Gasteiger partial charge on any atom is 0.162 e. The third kappa shape index (κ3) is 53.3. The van der Waals surface area contributed by atoms with Crippen LogP contribution >= 0.6 is 0 Å². The fourth-order valence-electron chi connectivity index (χ4n) is 4.12. The van der Waals surface area contributed by atoms with Gasteiger partial charge in [0.15, 0.2) is 6.33 Å². The van der Waals surface area contributed by atoms with Gasteiger partial charge in [-0.2, -0.15) is 15.0 Å². The summed E-state index contributed by atoms with van der Waals surface area (Å²) < 4.78 is 13.4. The average Bonchev–Trinajstić information content (AvgIpc) is 4.34. The van der Waals surface area contributed by atoms with Gasteiger partial charge in [0.2, 0.25) is 0 Å². The van der Waals surface area contributed by atoms with Crippen LogP contribution in [0.25, 0.3) is 0 Å². The molecule has 0 fully saturated rings. The minimum atomic E-state index is 0.317. The molecule has 0 aliphatic carbocycles. The lowest BCUT2D eigenvalue weighted by Crippen LogP contribution is -2.04. The van der Waals surface area contributed by atoms with Crippen molar-refractivity contribution in [1.29, 1.82) is 0 Å². The zero-order chi connectivity index (χ0) is 63.9. The Balaban J connectivity index is -0.000000119. The number of hydrogen-bond donors (Lipinski definition) is 0. The largest absolute Gasteiger partial charge is 0.352 e. The fourth-order valence-corrected chi connectivity index (χ4v) is 4.12. The summed E-state index contributed by atoms with van der Waals surface area (Å²) in [5.74, 6) is 0. The second-order valence-corrected chi connectivity index (χ2v) is 16.1. The van der Waals surface area contributed by atoms with Crippen LogP contribution in [0.3, 0.4) is 0 Å². The van der Waals surface area contributed by atoms with Crippen molar-refractivity contribution in [3.8, 4) is 0 Å². The number of nitrogens with zero attached hydrogens (tertiary/aromatic N) is 22. The quantitative estimate of drug-likeness (QED) is 0.138. The fraction of sp³-hybridized carbons (Fsp3) is 0.690. The number of rotatable bonds is 8. The van der Waals surface area contributed by atoms with Gasteiger partial charge in [-0.15, -0.1) is 30.6 Å². The topological polar surface area (TPSA) is 220 Å². The van der Waals surface area contributed by atoms with Gasteiger partial charge in [0.25, 0.3) is 0 Å². The van der Waals surface area contributed by atoms with Gasteiger partial charge >= 0.3 is 0 Å². The Bertz CT molecular complexity index is 1610. The predicted molar refractivity (Wildman–Crippen MR) is 338 cm³/mol. The lowest BCUT2D eigenvalue weighted by Gasteiger charge is -2.03.